The fourth-order valence-electron chi connectivity index (χ4n) is 3.03. The highest BCUT2D eigenvalue weighted by Crippen LogP contribution is 2.28. The SMILES string of the molecule is OB(O)c1cccc2cc3ccc4ccccc4c3cc12. The van der Waals surface area contributed by atoms with Crippen molar-refractivity contribution in [1.82, 2.24) is 0 Å². The molecule has 4 aromatic carbocycles. The van der Waals surface area contributed by atoms with Gasteiger partial charge in [-0.25, -0.2) is 0 Å². The summed E-state index contributed by atoms with van der Waals surface area (Å²) in [5, 5.41) is 25.7. The molecule has 0 fully saturated rings. The molecule has 4 rings (SSSR count). The summed E-state index contributed by atoms with van der Waals surface area (Å²) < 4.78 is 0. The maximum absolute atomic E-state index is 9.56. The van der Waals surface area contributed by atoms with Gasteiger partial charge in [-0.15, -0.1) is 0 Å². The first-order valence-corrected chi connectivity index (χ1v) is 6.94. The molecule has 0 aromatic heterocycles. The second-order valence-corrected chi connectivity index (χ2v) is 5.30. The summed E-state index contributed by atoms with van der Waals surface area (Å²) in [6, 6.07) is 22.2. The molecule has 0 saturated heterocycles. The van der Waals surface area contributed by atoms with Gasteiger partial charge in [0.25, 0.3) is 0 Å². The zero-order valence-corrected chi connectivity index (χ0v) is 11.3. The van der Waals surface area contributed by atoms with Gasteiger partial charge in [-0.3, -0.25) is 0 Å². The monoisotopic (exact) mass is 272 g/mol. The van der Waals surface area contributed by atoms with Gasteiger partial charge in [-0.05, 0) is 49.9 Å². The molecule has 0 aliphatic heterocycles. The summed E-state index contributed by atoms with van der Waals surface area (Å²) in [5.41, 5.74) is 0.544. The molecule has 4 aromatic rings. The van der Waals surface area contributed by atoms with Crippen molar-refractivity contribution < 1.29 is 10.0 Å². The quantitative estimate of drug-likeness (QED) is 0.318. The number of fused-ring (bicyclic) bond motifs is 4. The normalized spacial score (nSPS) is 11.3. The third kappa shape index (κ3) is 1.90. The van der Waals surface area contributed by atoms with E-state index in [4.69, 9.17) is 0 Å². The van der Waals surface area contributed by atoms with Crippen LogP contribution in [-0.4, -0.2) is 17.2 Å². The number of benzene rings is 4. The van der Waals surface area contributed by atoms with Gasteiger partial charge in [-0.2, -0.15) is 0 Å². The Morgan fingerprint density at radius 2 is 1.29 bits per heavy atom. The second kappa shape index (κ2) is 4.59. The number of hydrogen-bond donors (Lipinski definition) is 2. The molecule has 0 saturated carbocycles. The van der Waals surface area contributed by atoms with Gasteiger partial charge in [0.2, 0.25) is 0 Å². The van der Waals surface area contributed by atoms with Crippen LogP contribution in [0, 0.1) is 0 Å². The predicted molar refractivity (Wildman–Crippen MR) is 88.8 cm³/mol. The maximum atomic E-state index is 9.56. The smallest absolute Gasteiger partial charge is 0.423 e. The fourth-order valence-corrected chi connectivity index (χ4v) is 3.03. The van der Waals surface area contributed by atoms with Crippen LogP contribution < -0.4 is 5.46 Å². The van der Waals surface area contributed by atoms with Crippen LogP contribution in [0.15, 0.2) is 66.7 Å². The molecule has 2 N–H and O–H groups in total. The van der Waals surface area contributed by atoms with Crippen molar-refractivity contribution in [3.63, 3.8) is 0 Å². The lowest BCUT2D eigenvalue weighted by Crippen LogP contribution is -2.30. The third-order valence-corrected chi connectivity index (χ3v) is 4.06. The minimum atomic E-state index is -1.46. The highest BCUT2D eigenvalue weighted by molar-refractivity contribution is 6.62. The highest BCUT2D eigenvalue weighted by atomic mass is 16.4. The van der Waals surface area contributed by atoms with E-state index >= 15 is 0 Å². The summed E-state index contributed by atoms with van der Waals surface area (Å²) >= 11 is 0. The summed E-state index contributed by atoms with van der Waals surface area (Å²) in [7, 11) is -1.46. The van der Waals surface area contributed by atoms with Crippen molar-refractivity contribution in [2.45, 2.75) is 0 Å². The molecule has 0 amide bonds. The van der Waals surface area contributed by atoms with Crippen LogP contribution in [0.3, 0.4) is 0 Å². The molecule has 0 radical (unpaired) electrons. The Morgan fingerprint density at radius 1 is 0.571 bits per heavy atom. The van der Waals surface area contributed by atoms with E-state index in [1.165, 1.54) is 10.8 Å². The molecular weight excluding hydrogens is 259 g/mol. The Balaban J connectivity index is 2.20. The van der Waals surface area contributed by atoms with Crippen molar-refractivity contribution >= 4 is 44.9 Å². The lowest BCUT2D eigenvalue weighted by molar-refractivity contribution is 0.426. The van der Waals surface area contributed by atoms with Crippen LogP contribution in [0.25, 0.3) is 32.3 Å². The molecule has 0 heterocycles. The minimum Gasteiger partial charge on any atom is -0.423 e. The number of hydrogen-bond acceptors (Lipinski definition) is 2. The lowest BCUT2D eigenvalue weighted by atomic mass is 9.76. The maximum Gasteiger partial charge on any atom is 0.489 e. The largest absolute Gasteiger partial charge is 0.489 e. The van der Waals surface area contributed by atoms with Gasteiger partial charge < -0.3 is 10.0 Å². The molecule has 100 valence electrons. The molecule has 0 aliphatic carbocycles. The van der Waals surface area contributed by atoms with Crippen molar-refractivity contribution in [1.29, 1.82) is 0 Å². The van der Waals surface area contributed by atoms with E-state index in [1.807, 2.05) is 24.3 Å². The van der Waals surface area contributed by atoms with Gasteiger partial charge in [0, 0.05) is 0 Å². The molecule has 0 spiro atoms. The summed E-state index contributed by atoms with van der Waals surface area (Å²) in [5.74, 6) is 0. The Hall–Kier alpha value is -2.36. The van der Waals surface area contributed by atoms with Gasteiger partial charge in [0.05, 0.1) is 0 Å². The standard InChI is InChI=1S/C18H13BO2/c20-19(21)18-7-3-5-13-10-14-9-8-12-4-1-2-6-15(12)16(14)11-17(13)18/h1-11,20-21H. The first kappa shape index (κ1) is 12.4. The zero-order valence-electron chi connectivity index (χ0n) is 11.3. The van der Waals surface area contributed by atoms with E-state index < -0.39 is 7.12 Å². The van der Waals surface area contributed by atoms with E-state index in [-0.39, 0.29) is 0 Å². The van der Waals surface area contributed by atoms with Crippen molar-refractivity contribution in [3.05, 3.63) is 66.7 Å². The predicted octanol–water partition coefficient (Wildman–Crippen LogP) is 2.83. The van der Waals surface area contributed by atoms with Gasteiger partial charge in [-0.1, -0.05) is 54.6 Å². The van der Waals surface area contributed by atoms with E-state index in [2.05, 4.69) is 36.4 Å². The summed E-state index contributed by atoms with van der Waals surface area (Å²) in [6.07, 6.45) is 0. The Bertz CT molecular complexity index is 976. The Morgan fingerprint density at radius 3 is 2.14 bits per heavy atom. The first-order chi connectivity index (χ1) is 10.2. The molecule has 3 heteroatoms. The minimum absolute atomic E-state index is 0.544. The van der Waals surface area contributed by atoms with E-state index in [9.17, 15) is 10.0 Å². The van der Waals surface area contributed by atoms with Gasteiger partial charge in [0.15, 0.2) is 0 Å². The second-order valence-electron chi connectivity index (χ2n) is 5.30. The van der Waals surface area contributed by atoms with E-state index in [1.54, 1.807) is 6.07 Å². The van der Waals surface area contributed by atoms with E-state index in [0.717, 1.165) is 21.5 Å². The molecular formula is C18H13BO2. The van der Waals surface area contributed by atoms with Crippen LogP contribution >= 0.6 is 0 Å². The molecule has 0 unspecified atom stereocenters. The average Bonchev–Trinajstić information content (AvgIpc) is 2.52. The summed E-state index contributed by atoms with van der Waals surface area (Å²) in [6.45, 7) is 0. The van der Waals surface area contributed by atoms with E-state index in [0.29, 0.717) is 5.46 Å². The molecule has 0 aliphatic rings. The summed E-state index contributed by atoms with van der Waals surface area (Å²) in [4.78, 5) is 0. The van der Waals surface area contributed by atoms with Gasteiger partial charge >= 0.3 is 7.12 Å². The van der Waals surface area contributed by atoms with Crippen molar-refractivity contribution in [3.8, 4) is 0 Å². The van der Waals surface area contributed by atoms with Crippen molar-refractivity contribution in [2.24, 2.45) is 0 Å². The highest BCUT2D eigenvalue weighted by Gasteiger charge is 2.15. The van der Waals surface area contributed by atoms with Crippen molar-refractivity contribution in [2.75, 3.05) is 0 Å². The molecule has 0 bridgehead atoms. The topological polar surface area (TPSA) is 40.5 Å². The first-order valence-electron chi connectivity index (χ1n) is 6.94. The van der Waals surface area contributed by atoms with Crippen LogP contribution in [-0.2, 0) is 0 Å². The molecule has 2 nitrogen and oxygen atoms in total. The lowest BCUT2D eigenvalue weighted by Gasteiger charge is -2.09. The van der Waals surface area contributed by atoms with Crippen LogP contribution in [0.5, 0.6) is 0 Å². The molecule has 21 heavy (non-hydrogen) atoms. The van der Waals surface area contributed by atoms with Gasteiger partial charge in [0.1, 0.15) is 0 Å². The Labute approximate surface area is 122 Å². The van der Waals surface area contributed by atoms with Crippen LogP contribution in [0.1, 0.15) is 0 Å². The average molecular weight is 272 g/mol. The van der Waals surface area contributed by atoms with Crippen LogP contribution in [0.2, 0.25) is 0 Å². The third-order valence-electron chi connectivity index (χ3n) is 4.06. The fraction of sp³-hybridized carbons (Fsp3) is 0. The number of rotatable bonds is 1. The zero-order chi connectivity index (χ0) is 14.4. The van der Waals surface area contributed by atoms with Crippen LogP contribution in [0.4, 0.5) is 0 Å². The Kier molecular flexibility index (Phi) is 2.71. The molecule has 0 atom stereocenters.